The number of β-amino-alcohol motifs (C(OH)–C–C–N with tert-alkyl or cyclic N) is 1. The topological polar surface area (TPSA) is 102 Å². The maximum atomic E-state index is 12.6. The van der Waals surface area contributed by atoms with Crippen molar-refractivity contribution in [2.75, 3.05) is 44.3 Å². The lowest BCUT2D eigenvalue weighted by molar-refractivity contribution is 0.0842. The number of carbonyl (C=O) groups is 1. The van der Waals surface area contributed by atoms with E-state index in [0.29, 0.717) is 25.2 Å². The van der Waals surface area contributed by atoms with E-state index in [1.54, 1.807) is 18.2 Å². The molecule has 33 heavy (non-hydrogen) atoms. The van der Waals surface area contributed by atoms with Crippen LogP contribution in [-0.4, -0.2) is 79.8 Å². The quantitative estimate of drug-likeness (QED) is 0.535. The third kappa shape index (κ3) is 6.32. The first kappa shape index (κ1) is 23.7. The lowest BCUT2D eigenvalue weighted by Gasteiger charge is -2.30. The van der Waals surface area contributed by atoms with Gasteiger partial charge < -0.3 is 15.7 Å². The molecule has 1 amide bonds. The molecule has 2 atom stereocenters. The number of hydrogen-bond donors (Lipinski definition) is 3. The Morgan fingerprint density at radius 2 is 1.94 bits per heavy atom. The highest BCUT2D eigenvalue weighted by molar-refractivity contribution is 7.88. The average Bonchev–Trinajstić information content (AvgIpc) is 3.27. The Kier molecular flexibility index (Phi) is 7.33. The minimum absolute atomic E-state index is 0.00883. The van der Waals surface area contributed by atoms with Crippen LogP contribution in [0.3, 0.4) is 0 Å². The number of amides is 1. The highest BCUT2D eigenvalue weighted by atomic mass is 32.2. The molecule has 178 valence electrons. The van der Waals surface area contributed by atoms with E-state index in [1.165, 1.54) is 21.7 Å². The Balaban J connectivity index is 1.25. The van der Waals surface area contributed by atoms with Gasteiger partial charge in [-0.15, -0.1) is 0 Å². The van der Waals surface area contributed by atoms with Crippen molar-refractivity contribution in [2.45, 2.75) is 31.5 Å². The molecule has 2 aliphatic rings. The summed E-state index contributed by atoms with van der Waals surface area (Å²) >= 11 is 0. The van der Waals surface area contributed by atoms with Crippen LogP contribution >= 0.6 is 0 Å². The van der Waals surface area contributed by atoms with Gasteiger partial charge in [-0.2, -0.15) is 0 Å². The van der Waals surface area contributed by atoms with Gasteiger partial charge in [-0.3, -0.25) is 9.69 Å². The zero-order chi connectivity index (χ0) is 23.4. The van der Waals surface area contributed by atoms with Gasteiger partial charge in [-0.1, -0.05) is 30.3 Å². The molecule has 9 heteroatoms. The molecule has 2 aromatic carbocycles. The number of nitrogens with one attached hydrogen (secondary N) is 2. The second kappa shape index (κ2) is 10.2. The zero-order valence-corrected chi connectivity index (χ0v) is 19.7. The highest BCUT2D eigenvalue weighted by Crippen LogP contribution is 2.20. The number of fused-ring (bicyclic) bond motifs is 1. The van der Waals surface area contributed by atoms with Crippen LogP contribution in [0.2, 0.25) is 0 Å². The number of rotatable bonds is 8. The van der Waals surface area contributed by atoms with Gasteiger partial charge in [-0.25, -0.2) is 12.7 Å². The molecule has 0 aromatic heterocycles. The minimum atomic E-state index is -3.19. The van der Waals surface area contributed by atoms with Gasteiger partial charge >= 0.3 is 0 Å². The SMILES string of the molecule is CS(=O)(=O)N1CCC(Nc2cccc(C(=O)NC[C@H](O)CN3CCc4ccccc4C3)c2)C1. The second-order valence-corrected chi connectivity index (χ2v) is 10.9. The van der Waals surface area contributed by atoms with E-state index in [9.17, 15) is 18.3 Å². The maximum Gasteiger partial charge on any atom is 0.251 e. The Bertz CT molecular complexity index is 1090. The van der Waals surface area contributed by atoms with Gasteiger partial charge in [0.1, 0.15) is 0 Å². The normalized spacial score (nSPS) is 20.2. The maximum absolute atomic E-state index is 12.6. The molecule has 1 unspecified atom stereocenters. The van der Waals surface area contributed by atoms with Crippen molar-refractivity contribution in [2.24, 2.45) is 0 Å². The van der Waals surface area contributed by atoms with Gasteiger partial charge in [0, 0.05) is 56.6 Å². The van der Waals surface area contributed by atoms with Crippen molar-refractivity contribution >= 4 is 21.6 Å². The number of aliphatic hydroxyl groups excluding tert-OH is 1. The van der Waals surface area contributed by atoms with Gasteiger partial charge in [0.05, 0.1) is 12.4 Å². The molecule has 1 fully saturated rings. The van der Waals surface area contributed by atoms with E-state index in [2.05, 4.69) is 33.7 Å². The van der Waals surface area contributed by atoms with Gasteiger partial charge in [0.25, 0.3) is 5.91 Å². The van der Waals surface area contributed by atoms with Crippen LogP contribution < -0.4 is 10.6 Å². The smallest absolute Gasteiger partial charge is 0.251 e. The Morgan fingerprint density at radius 1 is 1.15 bits per heavy atom. The molecule has 2 heterocycles. The molecule has 0 spiro atoms. The fourth-order valence-electron chi connectivity index (χ4n) is 4.52. The summed E-state index contributed by atoms with van der Waals surface area (Å²) in [6.07, 6.45) is 2.26. The first-order valence-corrected chi connectivity index (χ1v) is 13.2. The number of anilines is 1. The van der Waals surface area contributed by atoms with E-state index in [0.717, 1.165) is 31.6 Å². The summed E-state index contributed by atoms with van der Waals surface area (Å²) in [5.41, 5.74) is 3.94. The third-order valence-electron chi connectivity index (χ3n) is 6.29. The first-order chi connectivity index (χ1) is 15.8. The fourth-order valence-corrected chi connectivity index (χ4v) is 5.41. The number of nitrogens with zero attached hydrogens (tertiary/aromatic N) is 2. The molecular weight excluding hydrogens is 440 g/mol. The number of hydrogen-bond acceptors (Lipinski definition) is 6. The van der Waals surface area contributed by atoms with E-state index in [4.69, 9.17) is 0 Å². The summed E-state index contributed by atoms with van der Waals surface area (Å²) in [4.78, 5) is 14.8. The summed E-state index contributed by atoms with van der Waals surface area (Å²) < 4.78 is 24.9. The van der Waals surface area contributed by atoms with Gasteiger partial charge in [-0.05, 0) is 42.2 Å². The molecule has 2 aromatic rings. The monoisotopic (exact) mass is 472 g/mol. The van der Waals surface area contributed by atoms with E-state index >= 15 is 0 Å². The van der Waals surface area contributed by atoms with E-state index < -0.39 is 16.1 Å². The van der Waals surface area contributed by atoms with Crippen molar-refractivity contribution in [3.8, 4) is 0 Å². The van der Waals surface area contributed by atoms with Crippen LogP contribution in [0.4, 0.5) is 5.69 Å². The fraction of sp³-hybridized carbons (Fsp3) is 0.458. The molecule has 8 nitrogen and oxygen atoms in total. The average molecular weight is 473 g/mol. The van der Waals surface area contributed by atoms with E-state index in [1.807, 2.05) is 12.1 Å². The van der Waals surface area contributed by atoms with Crippen LogP contribution in [0.1, 0.15) is 27.9 Å². The second-order valence-electron chi connectivity index (χ2n) is 8.95. The summed E-state index contributed by atoms with van der Waals surface area (Å²) in [6.45, 7) is 3.31. The predicted octanol–water partition coefficient (Wildman–Crippen LogP) is 1.28. The Labute approximate surface area is 195 Å². The summed E-state index contributed by atoms with van der Waals surface area (Å²) in [5, 5.41) is 16.6. The Hall–Kier alpha value is -2.46. The molecule has 0 bridgehead atoms. The molecular formula is C24H32N4O4S. The van der Waals surface area contributed by atoms with Crippen molar-refractivity contribution in [3.05, 3.63) is 65.2 Å². The summed E-state index contributed by atoms with van der Waals surface area (Å²) in [6, 6.07) is 15.5. The van der Waals surface area contributed by atoms with Gasteiger partial charge in [0.2, 0.25) is 10.0 Å². The van der Waals surface area contributed by atoms with Crippen LogP contribution in [-0.2, 0) is 23.0 Å². The Morgan fingerprint density at radius 3 is 2.70 bits per heavy atom. The largest absolute Gasteiger partial charge is 0.390 e. The van der Waals surface area contributed by atoms with Crippen LogP contribution in [0.25, 0.3) is 0 Å². The number of aliphatic hydroxyl groups is 1. The molecule has 1 saturated heterocycles. The molecule has 2 aliphatic heterocycles. The van der Waals surface area contributed by atoms with Crippen LogP contribution in [0.15, 0.2) is 48.5 Å². The molecule has 4 rings (SSSR count). The lowest BCUT2D eigenvalue weighted by atomic mass is 10.00. The highest BCUT2D eigenvalue weighted by Gasteiger charge is 2.28. The number of benzene rings is 2. The summed E-state index contributed by atoms with van der Waals surface area (Å²) in [5.74, 6) is -0.245. The van der Waals surface area contributed by atoms with E-state index in [-0.39, 0.29) is 18.5 Å². The standard InChI is InChI=1S/C24H32N4O4S/c1-33(31,32)28-12-10-22(16-28)26-21-8-4-7-19(13-21)24(30)25-14-23(29)17-27-11-9-18-5-2-3-6-20(18)15-27/h2-8,13,22-23,26,29H,9-12,14-17H2,1H3,(H,25,30)/t22?,23-/m0/s1. The third-order valence-corrected chi connectivity index (χ3v) is 7.56. The number of sulfonamides is 1. The molecule has 3 N–H and O–H groups in total. The lowest BCUT2D eigenvalue weighted by Crippen LogP contribution is -2.42. The van der Waals surface area contributed by atoms with Crippen molar-refractivity contribution in [1.29, 1.82) is 0 Å². The van der Waals surface area contributed by atoms with Gasteiger partial charge in [0.15, 0.2) is 0 Å². The van der Waals surface area contributed by atoms with Crippen molar-refractivity contribution in [3.63, 3.8) is 0 Å². The zero-order valence-electron chi connectivity index (χ0n) is 18.9. The van der Waals surface area contributed by atoms with Crippen molar-refractivity contribution in [1.82, 2.24) is 14.5 Å². The number of carbonyl (C=O) groups excluding carboxylic acids is 1. The molecule has 0 aliphatic carbocycles. The predicted molar refractivity (Wildman–Crippen MR) is 129 cm³/mol. The molecule has 0 saturated carbocycles. The first-order valence-electron chi connectivity index (χ1n) is 11.3. The van der Waals surface area contributed by atoms with Crippen LogP contribution in [0.5, 0.6) is 0 Å². The van der Waals surface area contributed by atoms with Crippen molar-refractivity contribution < 1.29 is 18.3 Å². The summed E-state index contributed by atoms with van der Waals surface area (Å²) in [7, 11) is -3.19. The minimum Gasteiger partial charge on any atom is -0.390 e. The van der Waals surface area contributed by atoms with Crippen LogP contribution in [0, 0.1) is 0 Å². The molecule has 0 radical (unpaired) electrons.